The first kappa shape index (κ1) is 22.2. The molecular weight excluding hydrogens is 434 g/mol. The van der Waals surface area contributed by atoms with Crippen LogP contribution in [0, 0.1) is 11.3 Å². The van der Waals surface area contributed by atoms with Gasteiger partial charge in [0.15, 0.2) is 0 Å². The van der Waals surface area contributed by atoms with Crippen LogP contribution in [0.3, 0.4) is 0 Å². The van der Waals surface area contributed by atoms with Gasteiger partial charge in [0.25, 0.3) is 5.91 Å². The fraction of sp³-hybridized carbons (Fsp3) is 0.115. The van der Waals surface area contributed by atoms with Gasteiger partial charge in [-0.15, -0.1) is 0 Å². The van der Waals surface area contributed by atoms with E-state index in [2.05, 4.69) is 5.32 Å². The normalized spacial score (nSPS) is 16.8. The zero-order valence-corrected chi connectivity index (χ0v) is 18.7. The Balaban J connectivity index is 1.68. The van der Waals surface area contributed by atoms with Crippen LogP contribution < -0.4 is 15.0 Å². The van der Waals surface area contributed by atoms with E-state index in [1.54, 1.807) is 43.5 Å². The molecular formula is C26H21N3O3S. The van der Waals surface area contributed by atoms with E-state index in [0.29, 0.717) is 28.6 Å². The Morgan fingerprint density at radius 2 is 1.67 bits per heavy atom. The third-order valence-electron chi connectivity index (χ3n) is 5.13. The van der Waals surface area contributed by atoms with Gasteiger partial charge in [0.2, 0.25) is 5.91 Å². The van der Waals surface area contributed by atoms with Crippen molar-refractivity contribution in [2.75, 3.05) is 17.3 Å². The Kier molecular flexibility index (Phi) is 6.77. The van der Waals surface area contributed by atoms with Gasteiger partial charge in [-0.25, -0.2) is 0 Å². The molecule has 3 aromatic rings. The first-order valence-corrected chi connectivity index (χ1v) is 11.2. The molecule has 4 rings (SSSR count). The minimum Gasteiger partial charge on any atom is -0.497 e. The van der Waals surface area contributed by atoms with Crippen LogP contribution in [0.1, 0.15) is 5.56 Å². The number of carbonyl (C=O) groups is 2. The molecule has 0 bridgehead atoms. The molecule has 0 unspecified atom stereocenters. The first-order chi connectivity index (χ1) is 16.1. The highest BCUT2D eigenvalue weighted by atomic mass is 32.2. The van der Waals surface area contributed by atoms with Gasteiger partial charge < -0.3 is 10.1 Å². The lowest BCUT2D eigenvalue weighted by Crippen LogP contribution is -2.30. The fourth-order valence-electron chi connectivity index (χ4n) is 3.50. The Labute approximate surface area is 196 Å². The summed E-state index contributed by atoms with van der Waals surface area (Å²) in [5, 5.41) is 12.5. The third-order valence-corrected chi connectivity index (χ3v) is 6.39. The van der Waals surface area contributed by atoms with Crippen molar-refractivity contribution in [2.45, 2.75) is 11.7 Å². The number of thioether (sulfide) groups is 1. The zero-order valence-electron chi connectivity index (χ0n) is 17.9. The Hall–Kier alpha value is -4.02. The van der Waals surface area contributed by atoms with Gasteiger partial charge in [0, 0.05) is 11.4 Å². The maximum atomic E-state index is 13.4. The predicted molar refractivity (Wildman–Crippen MR) is 130 cm³/mol. The van der Waals surface area contributed by atoms with Gasteiger partial charge in [-0.1, -0.05) is 60.3 Å². The molecule has 0 aliphatic carbocycles. The summed E-state index contributed by atoms with van der Waals surface area (Å²) in [6, 6.07) is 27.6. The van der Waals surface area contributed by atoms with Crippen molar-refractivity contribution >= 4 is 35.0 Å². The minimum absolute atomic E-state index is 0.108. The molecule has 0 radical (unpaired) electrons. The molecule has 33 heavy (non-hydrogen) atoms. The van der Waals surface area contributed by atoms with Gasteiger partial charge in [-0.3, -0.25) is 14.5 Å². The zero-order chi connectivity index (χ0) is 23.2. The van der Waals surface area contributed by atoms with Crippen molar-refractivity contribution in [1.29, 1.82) is 5.26 Å². The molecule has 1 heterocycles. The van der Waals surface area contributed by atoms with Gasteiger partial charge in [-0.05, 0) is 48.4 Å². The Bertz CT molecular complexity index is 1220. The van der Waals surface area contributed by atoms with Gasteiger partial charge in [0.05, 0.1) is 12.4 Å². The molecule has 1 N–H and O–H groups in total. The van der Waals surface area contributed by atoms with E-state index in [1.807, 2.05) is 54.6 Å². The number of nitriles is 1. The van der Waals surface area contributed by atoms with Gasteiger partial charge >= 0.3 is 0 Å². The van der Waals surface area contributed by atoms with Gasteiger partial charge in [0.1, 0.15) is 22.4 Å². The summed E-state index contributed by atoms with van der Waals surface area (Å²) in [5.41, 5.74) is 2.04. The molecule has 1 fully saturated rings. The van der Waals surface area contributed by atoms with Crippen LogP contribution in [0.2, 0.25) is 0 Å². The third kappa shape index (κ3) is 4.92. The number of nitrogens with zero attached hydrogens (tertiary/aromatic N) is 2. The second kappa shape index (κ2) is 10.1. The molecule has 6 nitrogen and oxygen atoms in total. The summed E-state index contributed by atoms with van der Waals surface area (Å²) in [5.74, 6) is -0.0721. The average Bonchev–Trinajstić information content (AvgIpc) is 3.16. The monoisotopic (exact) mass is 455 g/mol. The second-order valence-corrected chi connectivity index (χ2v) is 8.47. The maximum absolute atomic E-state index is 13.4. The van der Waals surface area contributed by atoms with Crippen molar-refractivity contribution in [3.63, 3.8) is 0 Å². The maximum Gasteiger partial charge on any atom is 0.269 e. The highest BCUT2D eigenvalue weighted by Crippen LogP contribution is 2.42. The summed E-state index contributed by atoms with van der Waals surface area (Å²) < 4.78 is 5.14. The minimum atomic E-state index is -0.570. The largest absolute Gasteiger partial charge is 0.497 e. The molecule has 1 aliphatic heterocycles. The van der Waals surface area contributed by atoms with Crippen LogP contribution in [-0.2, 0) is 16.0 Å². The number of carbonyl (C=O) groups excluding carboxylic acids is 2. The molecule has 7 heteroatoms. The van der Waals surface area contributed by atoms with Gasteiger partial charge in [-0.2, -0.15) is 5.26 Å². The van der Waals surface area contributed by atoms with Crippen molar-refractivity contribution in [2.24, 2.45) is 0 Å². The van der Waals surface area contributed by atoms with Crippen LogP contribution in [0.25, 0.3) is 0 Å². The van der Waals surface area contributed by atoms with E-state index >= 15 is 0 Å². The highest BCUT2D eigenvalue weighted by molar-refractivity contribution is 8.05. The summed E-state index contributed by atoms with van der Waals surface area (Å²) in [6.45, 7) is 0. The van der Waals surface area contributed by atoms with E-state index in [-0.39, 0.29) is 11.5 Å². The molecule has 164 valence electrons. The van der Waals surface area contributed by atoms with Crippen molar-refractivity contribution < 1.29 is 14.3 Å². The number of amides is 2. The van der Waals surface area contributed by atoms with Crippen LogP contribution >= 0.6 is 11.8 Å². The molecule has 0 spiro atoms. The molecule has 3 aromatic carbocycles. The standard InChI is InChI=1S/C26H21N3O3S/c1-32-21-14-12-19(13-15-21)28-24(30)22(17-27)26-29(20-10-6-3-7-11-20)25(31)23(33-26)16-18-8-4-2-5-9-18/h2-15,23H,16H2,1H3,(H,28,30)/b26-22-/t23-/m0/s1. The second-order valence-electron chi connectivity index (χ2n) is 7.28. The van der Waals surface area contributed by atoms with E-state index < -0.39 is 11.2 Å². The molecule has 0 aromatic heterocycles. The topological polar surface area (TPSA) is 82.4 Å². The van der Waals surface area contributed by atoms with Crippen LogP contribution in [-0.4, -0.2) is 24.2 Å². The highest BCUT2D eigenvalue weighted by Gasteiger charge is 2.40. The number of anilines is 2. The van der Waals surface area contributed by atoms with Crippen LogP contribution in [0.4, 0.5) is 11.4 Å². The first-order valence-electron chi connectivity index (χ1n) is 10.3. The summed E-state index contributed by atoms with van der Waals surface area (Å²) in [4.78, 5) is 27.9. The summed E-state index contributed by atoms with van der Waals surface area (Å²) in [6.07, 6.45) is 0.496. The predicted octanol–water partition coefficient (Wildman–Crippen LogP) is 4.76. The van der Waals surface area contributed by atoms with Crippen molar-refractivity contribution in [1.82, 2.24) is 0 Å². The SMILES string of the molecule is COc1ccc(NC(=O)/C(C#N)=C2\S[C@@H](Cc3ccccc3)C(=O)N2c2ccccc2)cc1. The Morgan fingerprint density at radius 1 is 1.03 bits per heavy atom. The van der Waals surface area contributed by atoms with Crippen LogP contribution in [0.15, 0.2) is 95.5 Å². The lowest BCUT2D eigenvalue weighted by Gasteiger charge is -2.18. The number of ether oxygens (including phenoxy) is 1. The summed E-state index contributed by atoms with van der Waals surface area (Å²) in [7, 11) is 1.56. The average molecular weight is 456 g/mol. The number of rotatable bonds is 6. The molecule has 1 saturated heterocycles. The molecule has 1 atom stereocenters. The Morgan fingerprint density at radius 3 is 2.27 bits per heavy atom. The number of nitrogens with one attached hydrogen (secondary N) is 1. The number of methoxy groups -OCH3 is 1. The number of hydrogen-bond acceptors (Lipinski definition) is 5. The van der Waals surface area contributed by atoms with E-state index in [9.17, 15) is 14.9 Å². The lowest BCUT2D eigenvalue weighted by atomic mass is 10.1. The quantitative estimate of drug-likeness (QED) is 0.428. The summed E-state index contributed by atoms with van der Waals surface area (Å²) >= 11 is 1.25. The van der Waals surface area contributed by atoms with E-state index in [4.69, 9.17) is 4.74 Å². The van der Waals surface area contributed by atoms with E-state index in [1.165, 1.54) is 16.7 Å². The van der Waals surface area contributed by atoms with E-state index in [0.717, 1.165) is 5.56 Å². The van der Waals surface area contributed by atoms with Crippen molar-refractivity contribution in [3.05, 3.63) is 101 Å². The number of benzene rings is 3. The number of hydrogen-bond donors (Lipinski definition) is 1. The fourth-order valence-corrected chi connectivity index (χ4v) is 4.80. The lowest BCUT2D eigenvalue weighted by molar-refractivity contribution is -0.117. The van der Waals surface area contributed by atoms with Crippen LogP contribution in [0.5, 0.6) is 5.75 Å². The molecule has 0 saturated carbocycles. The number of para-hydroxylation sites is 1. The van der Waals surface area contributed by atoms with Crippen molar-refractivity contribution in [3.8, 4) is 11.8 Å². The molecule has 1 aliphatic rings. The molecule has 2 amide bonds. The smallest absolute Gasteiger partial charge is 0.269 e.